The van der Waals surface area contributed by atoms with E-state index in [4.69, 9.17) is 9.52 Å². The Bertz CT molecular complexity index is 577. The van der Waals surface area contributed by atoms with Crippen molar-refractivity contribution in [3.8, 4) is 0 Å². The van der Waals surface area contributed by atoms with Gasteiger partial charge in [0.25, 0.3) is 0 Å². The van der Waals surface area contributed by atoms with Crippen LogP contribution in [0.3, 0.4) is 0 Å². The molecule has 0 bridgehead atoms. The summed E-state index contributed by atoms with van der Waals surface area (Å²) < 4.78 is 5.41. The van der Waals surface area contributed by atoms with E-state index in [9.17, 15) is 4.79 Å². The summed E-state index contributed by atoms with van der Waals surface area (Å²) in [6.07, 6.45) is 0.841. The normalized spacial score (nSPS) is 12.7. The van der Waals surface area contributed by atoms with Crippen LogP contribution >= 0.6 is 0 Å². The molecule has 0 fully saturated rings. The maximum absolute atomic E-state index is 10.7. The number of nitrogens with zero attached hydrogens (tertiary/aromatic N) is 1. The van der Waals surface area contributed by atoms with Gasteiger partial charge in [-0.25, -0.2) is 4.98 Å². The van der Waals surface area contributed by atoms with E-state index in [0.717, 1.165) is 29.6 Å². The van der Waals surface area contributed by atoms with E-state index in [1.165, 1.54) is 0 Å². The van der Waals surface area contributed by atoms with E-state index in [1.54, 1.807) is 6.92 Å². The number of hydrogen-bond donors (Lipinski definition) is 2. The maximum atomic E-state index is 10.7. The van der Waals surface area contributed by atoms with Crippen LogP contribution in [0.2, 0.25) is 0 Å². The van der Waals surface area contributed by atoms with E-state index in [0.29, 0.717) is 12.4 Å². The van der Waals surface area contributed by atoms with Crippen LogP contribution < -0.4 is 5.32 Å². The standard InChI is InChI=1S/C14H18N2O3/c1-9(14(17)18)8-15-6-5-11-3-4-13-12(7-11)16-10(2)19-13/h3-4,7,9,15H,5-6,8H2,1-2H3,(H,17,18). The fourth-order valence-corrected chi connectivity index (χ4v) is 1.88. The summed E-state index contributed by atoms with van der Waals surface area (Å²) in [5, 5.41) is 11.9. The van der Waals surface area contributed by atoms with Crippen LogP contribution in [-0.2, 0) is 11.2 Å². The van der Waals surface area contributed by atoms with E-state index in [1.807, 2.05) is 25.1 Å². The molecule has 0 saturated carbocycles. The molecule has 0 aliphatic heterocycles. The van der Waals surface area contributed by atoms with Gasteiger partial charge in [-0.15, -0.1) is 0 Å². The van der Waals surface area contributed by atoms with Crippen LogP contribution in [-0.4, -0.2) is 29.1 Å². The summed E-state index contributed by atoms with van der Waals surface area (Å²) in [6, 6.07) is 5.94. The van der Waals surface area contributed by atoms with Gasteiger partial charge in [-0.2, -0.15) is 0 Å². The molecule has 0 radical (unpaired) electrons. The van der Waals surface area contributed by atoms with Crippen molar-refractivity contribution < 1.29 is 14.3 Å². The molecule has 1 atom stereocenters. The lowest BCUT2D eigenvalue weighted by molar-refractivity contribution is -0.140. The van der Waals surface area contributed by atoms with Gasteiger partial charge in [-0.3, -0.25) is 4.79 Å². The molecule has 0 saturated heterocycles. The lowest BCUT2D eigenvalue weighted by Crippen LogP contribution is -2.27. The first-order valence-corrected chi connectivity index (χ1v) is 6.36. The summed E-state index contributed by atoms with van der Waals surface area (Å²) in [4.78, 5) is 14.9. The van der Waals surface area contributed by atoms with E-state index >= 15 is 0 Å². The molecule has 1 aromatic heterocycles. The number of carbonyl (C=O) groups is 1. The number of carboxylic acid groups (broad SMARTS) is 1. The van der Waals surface area contributed by atoms with Crippen molar-refractivity contribution in [1.82, 2.24) is 10.3 Å². The number of carboxylic acids is 1. The van der Waals surface area contributed by atoms with Crippen molar-refractivity contribution in [1.29, 1.82) is 0 Å². The first-order valence-electron chi connectivity index (χ1n) is 6.36. The summed E-state index contributed by atoms with van der Waals surface area (Å²) in [7, 11) is 0. The fraction of sp³-hybridized carbons (Fsp3) is 0.429. The van der Waals surface area contributed by atoms with Gasteiger partial charge in [0.1, 0.15) is 5.52 Å². The van der Waals surface area contributed by atoms with Crippen LogP contribution in [0.4, 0.5) is 0 Å². The topological polar surface area (TPSA) is 75.4 Å². The highest BCUT2D eigenvalue weighted by molar-refractivity contribution is 5.73. The van der Waals surface area contributed by atoms with Crippen molar-refractivity contribution in [3.63, 3.8) is 0 Å². The monoisotopic (exact) mass is 262 g/mol. The predicted octanol–water partition coefficient (Wildman–Crippen LogP) is 1.99. The van der Waals surface area contributed by atoms with E-state index in [2.05, 4.69) is 10.3 Å². The molecular formula is C14H18N2O3. The van der Waals surface area contributed by atoms with Gasteiger partial charge < -0.3 is 14.8 Å². The molecule has 0 spiro atoms. The molecule has 0 aliphatic carbocycles. The Morgan fingerprint density at radius 2 is 2.32 bits per heavy atom. The van der Waals surface area contributed by atoms with E-state index in [-0.39, 0.29) is 5.92 Å². The SMILES string of the molecule is Cc1nc2cc(CCNCC(C)C(=O)O)ccc2o1. The van der Waals surface area contributed by atoms with Crippen LogP contribution in [0.15, 0.2) is 22.6 Å². The van der Waals surface area contributed by atoms with Gasteiger partial charge in [-0.05, 0) is 30.7 Å². The summed E-state index contributed by atoms with van der Waals surface area (Å²) in [6.45, 7) is 4.76. The number of rotatable bonds is 6. The smallest absolute Gasteiger partial charge is 0.307 e. The van der Waals surface area contributed by atoms with Crippen LogP contribution in [0.1, 0.15) is 18.4 Å². The van der Waals surface area contributed by atoms with Crippen molar-refractivity contribution in [2.75, 3.05) is 13.1 Å². The molecule has 0 amide bonds. The number of fused-ring (bicyclic) bond motifs is 1. The number of oxazole rings is 1. The minimum absolute atomic E-state index is 0.360. The highest BCUT2D eigenvalue weighted by Crippen LogP contribution is 2.16. The molecule has 102 valence electrons. The Balaban J connectivity index is 1.86. The van der Waals surface area contributed by atoms with E-state index < -0.39 is 5.97 Å². The zero-order valence-electron chi connectivity index (χ0n) is 11.1. The minimum atomic E-state index is -0.771. The van der Waals surface area contributed by atoms with Gasteiger partial charge in [-0.1, -0.05) is 13.0 Å². The second-order valence-electron chi connectivity index (χ2n) is 4.73. The third kappa shape index (κ3) is 3.54. The highest BCUT2D eigenvalue weighted by atomic mass is 16.4. The number of hydrogen-bond acceptors (Lipinski definition) is 4. The molecule has 1 aromatic carbocycles. The molecule has 1 unspecified atom stereocenters. The molecule has 0 aliphatic rings. The lowest BCUT2D eigenvalue weighted by Gasteiger charge is -2.08. The Kier molecular flexibility index (Phi) is 4.16. The molecule has 5 nitrogen and oxygen atoms in total. The van der Waals surface area contributed by atoms with Crippen LogP contribution in [0, 0.1) is 12.8 Å². The average molecular weight is 262 g/mol. The van der Waals surface area contributed by atoms with Gasteiger partial charge >= 0.3 is 5.97 Å². The molecular weight excluding hydrogens is 244 g/mol. The Morgan fingerprint density at radius 3 is 3.05 bits per heavy atom. The number of aliphatic carboxylic acids is 1. The fourth-order valence-electron chi connectivity index (χ4n) is 1.88. The third-order valence-corrected chi connectivity index (χ3v) is 3.02. The van der Waals surface area contributed by atoms with Gasteiger partial charge in [0, 0.05) is 13.5 Å². The third-order valence-electron chi connectivity index (χ3n) is 3.02. The number of aromatic nitrogens is 1. The molecule has 2 aromatic rings. The largest absolute Gasteiger partial charge is 0.481 e. The van der Waals surface area contributed by atoms with Crippen molar-refractivity contribution in [2.45, 2.75) is 20.3 Å². The van der Waals surface area contributed by atoms with Gasteiger partial charge in [0.2, 0.25) is 0 Å². The average Bonchev–Trinajstić information content (AvgIpc) is 2.73. The maximum Gasteiger partial charge on any atom is 0.307 e. The quantitative estimate of drug-likeness (QED) is 0.779. The minimum Gasteiger partial charge on any atom is -0.481 e. The lowest BCUT2D eigenvalue weighted by atomic mass is 10.1. The summed E-state index contributed by atoms with van der Waals surface area (Å²) >= 11 is 0. The summed E-state index contributed by atoms with van der Waals surface area (Å²) in [5.41, 5.74) is 2.83. The zero-order valence-corrected chi connectivity index (χ0v) is 11.1. The van der Waals surface area contributed by atoms with Crippen molar-refractivity contribution >= 4 is 17.1 Å². The molecule has 2 rings (SSSR count). The first-order chi connectivity index (χ1) is 9.06. The molecule has 19 heavy (non-hydrogen) atoms. The number of nitrogens with one attached hydrogen (secondary N) is 1. The Labute approximate surface area is 111 Å². The second-order valence-corrected chi connectivity index (χ2v) is 4.73. The van der Waals surface area contributed by atoms with Crippen LogP contribution in [0.5, 0.6) is 0 Å². The Morgan fingerprint density at radius 1 is 1.53 bits per heavy atom. The zero-order chi connectivity index (χ0) is 13.8. The number of benzene rings is 1. The number of aryl methyl sites for hydroxylation is 1. The highest BCUT2D eigenvalue weighted by Gasteiger charge is 2.09. The van der Waals surface area contributed by atoms with Gasteiger partial charge in [0.05, 0.1) is 5.92 Å². The van der Waals surface area contributed by atoms with Gasteiger partial charge in [0.15, 0.2) is 11.5 Å². The van der Waals surface area contributed by atoms with Crippen molar-refractivity contribution in [3.05, 3.63) is 29.7 Å². The Hall–Kier alpha value is -1.88. The second kappa shape index (κ2) is 5.84. The summed E-state index contributed by atoms with van der Waals surface area (Å²) in [5.74, 6) is -0.465. The van der Waals surface area contributed by atoms with Crippen molar-refractivity contribution in [2.24, 2.45) is 5.92 Å². The van der Waals surface area contributed by atoms with Crippen LogP contribution in [0.25, 0.3) is 11.1 Å². The molecule has 1 heterocycles. The molecule has 5 heteroatoms. The first kappa shape index (κ1) is 13.5. The predicted molar refractivity (Wildman–Crippen MR) is 72.1 cm³/mol. The molecule has 2 N–H and O–H groups in total.